The number of nitrogens with one attached hydrogen (secondary N) is 1. The molecule has 3 rings (SSSR count). The Labute approximate surface area is 139 Å². The zero-order valence-corrected chi connectivity index (χ0v) is 13.2. The van der Waals surface area contributed by atoms with Gasteiger partial charge in [0, 0.05) is 30.7 Å². The topological polar surface area (TPSA) is 62.3 Å². The second kappa shape index (κ2) is 6.79. The first-order valence-corrected chi connectivity index (χ1v) is 7.73. The molecule has 2 aromatic rings. The van der Waals surface area contributed by atoms with Crippen molar-refractivity contribution < 1.29 is 9.59 Å². The highest BCUT2D eigenvalue weighted by Gasteiger charge is 2.34. The molecule has 1 aromatic heterocycles. The van der Waals surface area contributed by atoms with Crippen molar-refractivity contribution in [2.75, 3.05) is 11.9 Å². The Morgan fingerprint density at radius 2 is 2.13 bits per heavy atom. The Hall–Kier alpha value is -2.40. The molecule has 1 fully saturated rings. The summed E-state index contributed by atoms with van der Waals surface area (Å²) in [6.45, 7) is 0.825. The monoisotopic (exact) mass is 329 g/mol. The van der Waals surface area contributed by atoms with Crippen LogP contribution >= 0.6 is 11.6 Å². The molecule has 1 aliphatic heterocycles. The van der Waals surface area contributed by atoms with Crippen LogP contribution in [-0.4, -0.2) is 28.2 Å². The summed E-state index contributed by atoms with van der Waals surface area (Å²) in [5.41, 5.74) is 1.52. The first-order chi connectivity index (χ1) is 11.1. The van der Waals surface area contributed by atoms with Gasteiger partial charge in [0.2, 0.25) is 11.8 Å². The van der Waals surface area contributed by atoms with Crippen LogP contribution in [0.25, 0.3) is 0 Å². The number of rotatable bonds is 4. The van der Waals surface area contributed by atoms with Gasteiger partial charge in [-0.2, -0.15) is 0 Å². The SMILES string of the molecule is O=C(Nc1cccnc1)[C@H]1CC(=O)N(Cc2ccccc2Cl)C1. The van der Waals surface area contributed by atoms with E-state index in [1.807, 2.05) is 18.2 Å². The first-order valence-electron chi connectivity index (χ1n) is 7.35. The van der Waals surface area contributed by atoms with Crippen molar-refractivity contribution in [3.63, 3.8) is 0 Å². The molecule has 118 valence electrons. The molecule has 0 bridgehead atoms. The predicted octanol–water partition coefficient (Wildman–Crippen LogP) is 2.72. The van der Waals surface area contributed by atoms with Gasteiger partial charge >= 0.3 is 0 Å². The number of likely N-dealkylation sites (tertiary alicyclic amines) is 1. The van der Waals surface area contributed by atoms with Crippen molar-refractivity contribution in [2.24, 2.45) is 5.92 Å². The van der Waals surface area contributed by atoms with Crippen LogP contribution in [0.1, 0.15) is 12.0 Å². The number of aromatic nitrogens is 1. The quantitative estimate of drug-likeness (QED) is 0.938. The van der Waals surface area contributed by atoms with E-state index in [1.54, 1.807) is 35.5 Å². The smallest absolute Gasteiger partial charge is 0.229 e. The Morgan fingerprint density at radius 1 is 1.30 bits per heavy atom. The van der Waals surface area contributed by atoms with Gasteiger partial charge in [0.25, 0.3) is 0 Å². The molecule has 1 N–H and O–H groups in total. The summed E-state index contributed by atoms with van der Waals surface area (Å²) in [5.74, 6) is -0.547. The standard InChI is InChI=1S/C17H16ClN3O2/c18-15-6-2-1-4-12(15)10-21-11-13(8-16(21)22)17(23)20-14-5-3-7-19-9-14/h1-7,9,13H,8,10-11H2,(H,20,23)/t13-/m0/s1. The average Bonchev–Trinajstić information content (AvgIpc) is 2.92. The minimum absolute atomic E-state index is 0.0312. The zero-order chi connectivity index (χ0) is 16.2. The van der Waals surface area contributed by atoms with Crippen LogP contribution in [0.15, 0.2) is 48.8 Å². The maximum atomic E-state index is 12.3. The number of hydrogen-bond donors (Lipinski definition) is 1. The fourth-order valence-electron chi connectivity index (χ4n) is 2.61. The van der Waals surface area contributed by atoms with Gasteiger partial charge in [0.1, 0.15) is 0 Å². The maximum absolute atomic E-state index is 12.3. The van der Waals surface area contributed by atoms with Crippen molar-refractivity contribution in [2.45, 2.75) is 13.0 Å². The molecule has 5 nitrogen and oxygen atoms in total. The van der Waals surface area contributed by atoms with Crippen LogP contribution < -0.4 is 5.32 Å². The van der Waals surface area contributed by atoms with E-state index in [2.05, 4.69) is 10.3 Å². The van der Waals surface area contributed by atoms with E-state index in [4.69, 9.17) is 11.6 Å². The van der Waals surface area contributed by atoms with Gasteiger partial charge < -0.3 is 10.2 Å². The van der Waals surface area contributed by atoms with Crippen LogP contribution in [0.4, 0.5) is 5.69 Å². The summed E-state index contributed by atoms with van der Waals surface area (Å²) < 4.78 is 0. The minimum atomic E-state index is -0.356. The summed E-state index contributed by atoms with van der Waals surface area (Å²) in [6, 6.07) is 10.9. The highest BCUT2D eigenvalue weighted by Crippen LogP contribution is 2.24. The van der Waals surface area contributed by atoms with Crippen molar-refractivity contribution in [3.05, 3.63) is 59.4 Å². The lowest BCUT2D eigenvalue weighted by Gasteiger charge is -2.17. The number of nitrogens with zero attached hydrogens (tertiary/aromatic N) is 2. The van der Waals surface area contributed by atoms with Gasteiger partial charge in [-0.25, -0.2) is 0 Å². The van der Waals surface area contributed by atoms with Crippen molar-refractivity contribution in [1.29, 1.82) is 0 Å². The highest BCUT2D eigenvalue weighted by molar-refractivity contribution is 6.31. The van der Waals surface area contributed by atoms with Crippen LogP contribution in [0, 0.1) is 5.92 Å². The number of halogens is 1. The number of pyridine rings is 1. The predicted molar refractivity (Wildman–Crippen MR) is 87.8 cm³/mol. The summed E-state index contributed by atoms with van der Waals surface area (Å²) in [7, 11) is 0. The Balaban J connectivity index is 1.63. The molecule has 23 heavy (non-hydrogen) atoms. The molecule has 1 aliphatic rings. The first kappa shape index (κ1) is 15.5. The summed E-state index contributed by atoms with van der Waals surface area (Å²) in [5, 5.41) is 3.42. The summed E-state index contributed by atoms with van der Waals surface area (Å²) in [6.07, 6.45) is 3.44. The van der Waals surface area contributed by atoms with E-state index in [-0.39, 0.29) is 24.2 Å². The fourth-order valence-corrected chi connectivity index (χ4v) is 2.81. The molecule has 1 atom stereocenters. The molecular weight excluding hydrogens is 314 g/mol. The maximum Gasteiger partial charge on any atom is 0.229 e. The zero-order valence-electron chi connectivity index (χ0n) is 12.4. The molecule has 0 aliphatic carbocycles. The third-order valence-corrected chi connectivity index (χ3v) is 4.20. The molecule has 2 heterocycles. The molecule has 0 radical (unpaired) electrons. The number of hydrogen-bond acceptors (Lipinski definition) is 3. The molecule has 0 saturated carbocycles. The van der Waals surface area contributed by atoms with Gasteiger partial charge in [-0.05, 0) is 23.8 Å². The van der Waals surface area contributed by atoms with E-state index in [0.29, 0.717) is 23.8 Å². The molecule has 0 unspecified atom stereocenters. The molecule has 1 aromatic carbocycles. The normalized spacial score (nSPS) is 17.3. The number of benzene rings is 1. The number of anilines is 1. The molecule has 0 spiro atoms. The molecule has 6 heteroatoms. The van der Waals surface area contributed by atoms with Gasteiger partial charge in [0.15, 0.2) is 0 Å². The average molecular weight is 330 g/mol. The van der Waals surface area contributed by atoms with Crippen LogP contribution in [0.5, 0.6) is 0 Å². The van der Waals surface area contributed by atoms with E-state index < -0.39 is 0 Å². The van der Waals surface area contributed by atoms with Crippen LogP contribution in [0.2, 0.25) is 5.02 Å². The van der Waals surface area contributed by atoms with E-state index >= 15 is 0 Å². The fraction of sp³-hybridized carbons (Fsp3) is 0.235. The van der Waals surface area contributed by atoms with E-state index in [0.717, 1.165) is 5.56 Å². The highest BCUT2D eigenvalue weighted by atomic mass is 35.5. The third-order valence-electron chi connectivity index (χ3n) is 3.83. The lowest BCUT2D eigenvalue weighted by atomic mass is 10.1. The lowest BCUT2D eigenvalue weighted by molar-refractivity contribution is -0.128. The van der Waals surface area contributed by atoms with Crippen molar-refractivity contribution in [3.8, 4) is 0 Å². The summed E-state index contributed by atoms with van der Waals surface area (Å²) >= 11 is 6.13. The van der Waals surface area contributed by atoms with Gasteiger partial charge in [-0.1, -0.05) is 29.8 Å². The minimum Gasteiger partial charge on any atom is -0.337 e. The van der Waals surface area contributed by atoms with Gasteiger partial charge in [-0.3, -0.25) is 14.6 Å². The Kier molecular flexibility index (Phi) is 4.57. The van der Waals surface area contributed by atoms with Gasteiger partial charge in [0.05, 0.1) is 17.8 Å². The van der Waals surface area contributed by atoms with Crippen LogP contribution in [0.3, 0.4) is 0 Å². The molecule has 2 amide bonds. The third kappa shape index (κ3) is 3.68. The van der Waals surface area contributed by atoms with E-state index in [9.17, 15) is 9.59 Å². The number of carbonyl (C=O) groups is 2. The number of amides is 2. The van der Waals surface area contributed by atoms with Crippen molar-refractivity contribution in [1.82, 2.24) is 9.88 Å². The number of carbonyl (C=O) groups excluding carboxylic acids is 2. The molecule has 1 saturated heterocycles. The second-order valence-corrected chi connectivity index (χ2v) is 5.90. The second-order valence-electron chi connectivity index (χ2n) is 5.50. The molecular formula is C17H16ClN3O2. The largest absolute Gasteiger partial charge is 0.337 e. The lowest BCUT2D eigenvalue weighted by Crippen LogP contribution is -2.28. The Morgan fingerprint density at radius 3 is 2.87 bits per heavy atom. The van der Waals surface area contributed by atoms with E-state index in [1.165, 1.54) is 0 Å². The van der Waals surface area contributed by atoms with Crippen molar-refractivity contribution >= 4 is 29.1 Å². The summed E-state index contributed by atoms with van der Waals surface area (Å²) in [4.78, 5) is 30.1. The van der Waals surface area contributed by atoms with Gasteiger partial charge in [-0.15, -0.1) is 0 Å². The van der Waals surface area contributed by atoms with Crippen LogP contribution in [-0.2, 0) is 16.1 Å². The Bertz CT molecular complexity index is 721.